The third-order valence-corrected chi connectivity index (χ3v) is 3.47. The van der Waals surface area contributed by atoms with Crippen molar-refractivity contribution < 1.29 is 24.1 Å². The average Bonchev–Trinajstić information content (AvgIpc) is 2.62. The monoisotopic (exact) mass is 342 g/mol. The van der Waals surface area contributed by atoms with E-state index >= 15 is 0 Å². The molecule has 0 amide bonds. The van der Waals surface area contributed by atoms with Gasteiger partial charge in [-0.25, -0.2) is 4.79 Å². The van der Waals surface area contributed by atoms with Gasteiger partial charge in [-0.2, -0.15) is 0 Å². The highest BCUT2D eigenvalue weighted by atomic mass is 16.5. The molecule has 25 heavy (non-hydrogen) atoms. The largest absolute Gasteiger partial charge is 0.493 e. The lowest BCUT2D eigenvalue weighted by Crippen LogP contribution is -2.05. The Morgan fingerprint density at radius 1 is 1.04 bits per heavy atom. The predicted molar refractivity (Wildman–Crippen MR) is 96.3 cm³/mol. The molecule has 0 fully saturated rings. The van der Waals surface area contributed by atoms with Crippen LogP contribution >= 0.6 is 0 Å². The van der Waals surface area contributed by atoms with E-state index in [1.807, 2.05) is 30.3 Å². The topological polar surface area (TPSA) is 65.0 Å². The van der Waals surface area contributed by atoms with Gasteiger partial charge in [-0.05, 0) is 42.8 Å². The summed E-state index contributed by atoms with van der Waals surface area (Å²) in [5, 5.41) is 8.97. The van der Waals surface area contributed by atoms with Gasteiger partial charge in [0.1, 0.15) is 5.75 Å². The van der Waals surface area contributed by atoms with Gasteiger partial charge in [0, 0.05) is 12.0 Å². The van der Waals surface area contributed by atoms with Crippen LogP contribution in [0, 0.1) is 0 Å². The number of carbonyl (C=O) groups is 1. The fourth-order valence-corrected chi connectivity index (χ4v) is 2.16. The highest BCUT2D eigenvalue weighted by Gasteiger charge is 2.07. The minimum atomic E-state index is -0.948. The summed E-state index contributed by atoms with van der Waals surface area (Å²) >= 11 is 0. The number of methoxy groups -OCH3 is 1. The number of para-hydroxylation sites is 1. The standard InChI is InChI=1S/C20H22O5/c1-15(20(21)22)13-16-9-10-18(23-2)19(14-16)25-12-6-11-24-17-7-4-3-5-8-17/h3-5,7-10,13-14H,6,11-12H2,1-2H3,(H,21,22). The maximum absolute atomic E-state index is 10.9. The molecule has 2 aromatic rings. The number of carboxylic acid groups (broad SMARTS) is 1. The van der Waals surface area contributed by atoms with Gasteiger partial charge in [-0.3, -0.25) is 0 Å². The first-order valence-electron chi connectivity index (χ1n) is 8.00. The molecule has 1 N–H and O–H groups in total. The molecule has 2 aromatic carbocycles. The van der Waals surface area contributed by atoms with Crippen LogP contribution in [0.15, 0.2) is 54.1 Å². The van der Waals surface area contributed by atoms with Crippen molar-refractivity contribution in [3.05, 3.63) is 59.7 Å². The zero-order valence-electron chi connectivity index (χ0n) is 14.4. The molecule has 0 aromatic heterocycles. The number of ether oxygens (including phenoxy) is 3. The molecule has 0 saturated heterocycles. The maximum atomic E-state index is 10.9. The molecule has 0 aliphatic rings. The van der Waals surface area contributed by atoms with E-state index in [2.05, 4.69) is 0 Å². The number of carboxylic acids is 1. The lowest BCUT2D eigenvalue weighted by molar-refractivity contribution is -0.132. The summed E-state index contributed by atoms with van der Waals surface area (Å²) in [4.78, 5) is 10.9. The summed E-state index contributed by atoms with van der Waals surface area (Å²) in [5.41, 5.74) is 1.00. The van der Waals surface area contributed by atoms with Gasteiger partial charge in [0.05, 0.1) is 20.3 Å². The zero-order valence-corrected chi connectivity index (χ0v) is 14.4. The lowest BCUT2D eigenvalue weighted by Gasteiger charge is -2.12. The third-order valence-electron chi connectivity index (χ3n) is 3.47. The molecule has 0 atom stereocenters. The Morgan fingerprint density at radius 3 is 2.44 bits per heavy atom. The molecule has 132 valence electrons. The Hall–Kier alpha value is -2.95. The van der Waals surface area contributed by atoms with Crippen LogP contribution in [0.1, 0.15) is 18.9 Å². The highest BCUT2D eigenvalue weighted by molar-refractivity contribution is 5.91. The molecule has 0 aliphatic carbocycles. The van der Waals surface area contributed by atoms with Gasteiger partial charge in [0.2, 0.25) is 0 Å². The summed E-state index contributed by atoms with van der Waals surface area (Å²) in [5.74, 6) is 1.07. The van der Waals surface area contributed by atoms with E-state index in [0.29, 0.717) is 31.1 Å². The van der Waals surface area contributed by atoms with Crippen molar-refractivity contribution in [2.75, 3.05) is 20.3 Å². The van der Waals surface area contributed by atoms with Crippen LogP contribution < -0.4 is 14.2 Å². The van der Waals surface area contributed by atoms with Crippen molar-refractivity contribution in [1.82, 2.24) is 0 Å². The van der Waals surface area contributed by atoms with E-state index in [0.717, 1.165) is 11.3 Å². The second-order valence-corrected chi connectivity index (χ2v) is 5.41. The number of hydrogen-bond donors (Lipinski definition) is 1. The Labute approximate surface area is 147 Å². The molecule has 0 unspecified atom stereocenters. The molecule has 5 heteroatoms. The van der Waals surface area contributed by atoms with E-state index in [9.17, 15) is 4.79 Å². The van der Waals surface area contributed by atoms with Crippen LogP contribution in [0.4, 0.5) is 0 Å². The molecular formula is C20H22O5. The fraction of sp³-hybridized carbons (Fsp3) is 0.250. The number of benzene rings is 2. The zero-order chi connectivity index (χ0) is 18.1. The fourth-order valence-electron chi connectivity index (χ4n) is 2.16. The Morgan fingerprint density at radius 2 is 1.76 bits per heavy atom. The smallest absolute Gasteiger partial charge is 0.331 e. The SMILES string of the molecule is COc1ccc(C=C(C)C(=O)O)cc1OCCCOc1ccccc1. The second-order valence-electron chi connectivity index (χ2n) is 5.41. The minimum Gasteiger partial charge on any atom is -0.493 e. The summed E-state index contributed by atoms with van der Waals surface area (Å²) < 4.78 is 16.7. The summed E-state index contributed by atoms with van der Waals surface area (Å²) in [6, 6.07) is 14.9. The second kappa shape index (κ2) is 9.37. The van der Waals surface area contributed by atoms with Crippen LogP contribution in [-0.4, -0.2) is 31.4 Å². The van der Waals surface area contributed by atoms with Crippen molar-refractivity contribution in [3.63, 3.8) is 0 Å². The van der Waals surface area contributed by atoms with Crippen molar-refractivity contribution in [2.45, 2.75) is 13.3 Å². The Balaban J connectivity index is 1.91. The van der Waals surface area contributed by atoms with Crippen molar-refractivity contribution in [2.24, 2.45) is 0 Å². The van der Waals surface area contributed by atoms with Gasteiger partial charge in [-0.15, -0.1) is 0 Å². The molecule has 0 saturated carbocycles. The van der Waals surface area contributed by atoms with Gasteiger partial charge in [0.25, 0.3) is 0 Å². The van der Waals surface area contributed by atoms with Gasteiger partial charge in [-0.1, -0.05) is 24.3 Å². The van der Waals surface area contributed by atoms with Crippen molar-refractivity contribution >= 4 is 12.0 Å². The van der Waals surface area contributed by atoms with Gasteiger partial charge >= 0.3 is 5.97 Å². The van der Waals surface area contributed by atoms with E-state index < -0.39 is 5.97 Å². The van der Waals surface area contributed by atoms with Crippen LogP contribution in [0.5, 0.6) is 17.2 Å². The number of hydrogen-bond acceptors (Lipinski definition) is 4. The molecular weight excluding hydrogens is 320 g/mol. The summed E-state index contributed by atoms with van der Waals surface area (Å²) in [7, 11) is 1.57. The van der Waals surface area contributed by atoms with Crippen LogP contribution in [0.25, 0.3) is 6.08 Å². The van der Waals surface area contributed by atoms with E-state index in [4.69, 9.17) is 19.3 Å². The van der Waals surface area contributed by atoms with E-state index in [1.54, 1.807) is 38.3 Å². The van der Waals surface area contributed by atoms with Crippen LogP contribution in [-0.2, 0) is 4.79 Å². The normalized spacial score (nSPS) is 11.0. The quantitative estimate of drug-likeness (QED) is 0.550. The third kappa shape index (κ3) is 5.88. The van der Waals surface area contributed by atoms with Crippen molar-refractivity contribution in [3.8, 4) is 17.2 Å². The molecule has 0 bridgehead atoms. The lowest BCUT2D eigenvalue weighted by atomic mass is 10.1. The first-order valence-corrected chi connectivity index (χ1v) is 8.00. The molecule has 2 rings (SSSR count). The number of rotatable bonds is 9. The van der Waals surface area contributed by atoms with E-state index in [-0.39, 0.29) is 5.57 Å². The number of aliphatic carboxylic acids is 1. The summed E-state index contributed by atoms with van der Waals surface area (Å²) in [6.45, 7) is 2.56. The first-order chi connectivity index (χ1) is 12.1. The molecule has 0 aliphatic heterocycles. The predicted octanol–water partition coefficient (Wildman–Crippen LogP) is 4.03. The average molecular weight is 342 g/mol. The van der Waals surface area contributed by atoms with Gasteiger partial charge < -0.3 is 19.3 Å². The summed E-state index contributed by atoms with van der Waals surface area (Å²) in [6.07, 6.45) is 2.30. The Bertz CT molecular complexity index is 722. The highest BCUT2D eigenvalue weighted by Crippen LogP contribution is 2.29. The first kappa shape index (κ1) is 18.4. The van der Waals surface area contributed by atoms with E-state index in [1.165, 1.54) is 0 Å². The maximum Gasteiger partial charge on any atom is 0.331 e. The minimum absolute atomic E-state index is 0.257. The van der Waals surface area contributed by atoms with Crippen LogP contribution in [0.2, 0.25) is 0 Å². The molecule has 0 radical (unpaired) electrons. The molecule has 0 heterocycles. The Kier molecular flexibility index (Phi) is 6.89. The van der Waals surface area contributed by atoms with Gasteiger partial charge in [0.15, 0.2) is 11.5 Å². The van der Waals surface area contributed by atoms with Crippen molar-refractivity contribution in [1.29, 1.82) is 0 Å². The molecule has 0 spiro atoms. The van der Waals surface area contributed by atoms with Crippen LogP contribution in [0.3, 0.4) is 0 Å². The molecule has 5 nitrogen and oxygen atoms in total.